The minimum absolute atomic E-state index is 0.0565. The standard InChI is InChI=1S/C15H23N3O4S/c1-12(2)16-15(19)17-7-9-18(10-8-17)23(20,21)14-6-4-5-13(11-14)22-3/h4-6,11-12H,7-10H2,1-3H3,(H,16,19). The molecular formula is C15H23N3O4S. The van der Waals surface area contributed by atoms with Crippen molar-refractivity contribution in [2.45, 2.75) is 24.8 Å². The van der Waals surface area contributed by atoms with Crippen LogP contribution in [0.25, 0.3) is 0 Å². The summed E-state index contributed by atoms with van der Waals surface area (Å²) in [4.78, 5) is 13.8. The van der Waals surface area contributed by atoms with Crippen molar-refractivity contribution in [2.24, 2.45) is 0 Å². The number of nitrogens with one attached hydrogen (secondary N) is 1. The molecule has 1 N–H and O–H groups in total. The summed E-state index contributed by atoms with van der Waals surface area (Å²) in [5.74, 6) is 0.501. The van der Waals surface area contributed by atoms with E-state index in [1.165, 1.54) is 17.5 Å². The fourth-order valence-corrected chi connectivity index (χ4v) is 3.84. The molecule has 2 rings (SSSR count). The molecule has 2 amide bonds. The zero-order chi connectivity index (χ0) is 17.0. The van der Waals surface area contributed by atoms with Gasteiger partial charge in [-0.2, -0.15) is 4.31 Å². The molecule has 0 unspecified atom stereocenters. The Kier molecular flexibility index (Phi) is 5.48. The van der Waals surface area contributed by atoms with E-state index in [0.717, 1.165) is 0 Å². The van der Waals surface area contributed by atoms with Crippen LogP contribution in [0.4, 0.5) is 4.79 Å². The van der Waals surface area contributed by atoms with Gasteiger partial charge in [-0.3, -0.25) is 0 Å². The third kappa shape index (κ3) is 4.14. The number of methoxy groups -OCH3 is 1. The summed E-state index contributed by atoms with van der Waals surface area (Å²) in [7, 11) is -2.07. The number of urea groups is 1. The van der Waals surface area contributed by atoms with Gasteiger partial charge in [0, 0.05) is 38.3 Å². The van der Waals surface area contributed by atoms with E-state index in [0.29, 0.717) is 18.8 Å². The van der Waals surface area contributed by atoms with Crippen LogP contribution in [0.15, 0.2) is 29.2 Å². The summed E-state index contributed by atoms with van der Waals surface area (Å²) < 4.78 is 31.8. The highest BCUT2D eigenvalue weighted by atomic mass is 32.2. The molecule has 0 aromatic heterocycles. The minimum atomic E-state index is -3.57. The lowest BCUT2D eigenvalue weighted by atomic mass is 10.3. The number of ether oxygens (including phenoxy) is 1. The molecule has 1 aromatic rings. The normalized spacial score (nSPS) is 16.4. The number of benzene rings is 1. The number of hydrogen-bond acceptors (Lipinski definition) is 4. The van der Waals surface area contributed by atoms with E-state index in [9.17, 15) is 13.2 Å². The summed E-state index contributed by atoms with van der Waals surface area (Å²) >= 11 is 0. The molecule has 1 aliphatic rings. The molecule has 0 bridgehead atoms. The third-order valence-electron chi connectivity index (χ3n) is 3.62. The van der Waals surface area contributed by atoms with Gasteiger partial charge >= 0.3 is 6.03 Å². The van der Waals surface area contributed by atoms with Crippen LogP contribution in [-0.2, 0) is 10.0 Å². The van der Waals surface area contributed by atoms with Crippen LogP contribution in [0.1, 0.15) is 13.8 Å². The first kappa shape index (κ1) is 17.6. The van der Waals surface area contributed by atoms with Crippen LogP contribution in [0, 0.1) is 0 Å². The Morgan fingerprint density at radius 1 is 1.22 bits per heavy atom. The summed E-state index contributed by atoms with van der Waals surface area (Å²) in [6.07, 6.45) is 0. The molecule has 23 heavy (non-hydrogen) atoms. The Morgan fingerprint density at radius 3 is 2.43 bits per heavy atom. The van der Waals surface area contributed by atoms with E-state index in [2.05, 4.69) is 5.32 Å². The van der Waals surface area contributed by atoms with Gasteiger partial charge in [0.05, 0.1) is 12.0 Å². The number of rotatable bonds is 4. The average molecular weight is 341 g/mol. The van der Waals surface area contributed by atoms with Gasteiger partial charge in [-0.1, -0.05) is 6.07 Å². The summed E-state index contributed by atoms with van der Waals surface area (Å²) in [5, 5.41) is 2.82. The van der Waals surface area contributed by atoms with Crippen molar-refractivity contribution in [1.29, 1.82) is 0 Å². The second-order valence-electron chi connectivity index (χ2n) is 5.67. The Labute approximate surface area is 137 Å². The number of piperazine rings is 1. The third-order valence-corrected chi connectivity index (χ3v) is 5.51. The molecular weight excluding hydrogens is 318 g/mol. The van der Waals surface area contributed by atoms with E-state index < -0.39 is 10.0 Å². The summed E-state index contributed by atoms with van der Waals surface area (Å²) in [5.41, 5.74) is 0. The Morgan fingerprint density at radius 2 is 1.87 bits per heavy atom. The van der Waals surface area contributed by atoms with Crippen molar-refractivity contribution in [2.75, 3.05) is 33.3 Å². The number of nitrogens with zero attached hydrogens (tertiary/aromatic N) is 2. The molecule has 8 heteroatoms. The lowest BCUT2D eigenvalue weighted by Gasteiger charge is -2.34. The molecule has 0 aliphatic carbocycles. The van der Waals surface area contributed by atoms with Gasteiger partial charge in [-0.15, -0.1) is 0 Å². The SMILES string of the molecule is COc1cccc(S(=O)(=O)N2CCN(C(=O)NC(C)C)CC2)c1. The van der Waals surface area contributed by atoms with Crippen LogP contribution < -0.4 is 10.1 Å². The van der Waals surface area contributed by atoms with E-state index in [-0.39, 0.29) is 30.1 Å². The van der Waals surface area contributed by atoms with Gasteiger partial charge in [-0.25, -0.2) is 13.2 Å². The molecule has 1 aromatic carbocycles. The van der Waals surface area contributed by atoms with E-state index in [4.69, 9.17) is 4.74 Å². The topological polar surface area (TPSA) is 79.0 Å². The smallest absolute Gasteiger partial charge is 0.317 e. The van der Waals surface area contributed by atoms with Gasteiger partial charge in [0.25, 0.3) is 0 Å². The maximum absolute atomic E-state index is 12.7. The molecule has 0 saturated carbocycles. The van der Waals surface area contributed by atoms with Crippen molar-refractivity contribution < 1.29 is 17.9 Å². The monoisotopic (exact) mass is 341 g/mol. The molecule has 7 nitrogen and oxygen atoms in total. The number of carbonyl (C=O) groups is 1. The predicted octanol–water partition coefficient (Wildman–Crippen LogP) is 1.12. The van der Waals surface area contributed by atoms with Gasteiger partial charge in [0.1, 0.15) is 5.75 Å². The Bertz CT molecular complexity index is 652. The van der Waals surface area contributed by atoms with Gasteiger partial charge in [0.2, 0.25) is 10.0 Å². The minimum Gasteiger partial charge on any atom is -0.497 e. The average Bonchev–Trinajstić information content (AvgIpc) is 2.54. The van der Waals surface area contributed by atoms with E-state index >= 15 is 0 Å². The zero-order valence-corrected chi connectivity index (χ0v) is 14.5. The zero-order valence-electron chi connectivity index (χ0n) is 13.7. The lowest BCUT2D eigenvalue weighted by molar-refractivity contribution is 0.170. The maximum Gasteiger partial charge on any atom is 0.317 e. The molecule has 0 radical (unpaired) electrons. The van der Waals surface area contributed by atoms with Crippen LogP contribution in [-0.4, -0.2) is 63.0 Å². The second-order valence-corrected chi connectivity index (χ2v) is 7.61. The van der Waals surface area contributed by atoms with Crippen molar-refractivity contribution in [3.05, 3.63) is 24.3 Å². The van der Waals surface area contributed by atoms with Gasteiger partial charge < -0.3 is 15.0 Å². The first-order valence-corrected chi connectivity index (χ1v) is 8.98. The van der Waals surface area contributed by atoms with Crippen molar-refractivity contribution >= 4 is 16.1 Å². The number of amides is 2. The largest absolute Gasteiger partial charge is 0.497 e. The number of sulfonamides is 1. The highest BCUT2D eigenvalue weighted by molar-refractivity contribution is 7.89. The predicted molar refractivity (Wildman–Crippen MR) is 87.0 cm³/mol. The molecule has 0 spiro atoms. The van der Waals surface area contributed by atoms with Crippen LogP contribution in [0.2, 0.25) is 0 Å². The van der Waals surface area contributed by atoms with E-state index in [1.54, 1.807) is 23.1 Å². The number of carbonyl (C=O) groups excluding carboxylic acids is 1. The molecule has 1 fully saturated rings. The highest BCUT2D eigenvalue weighted by Crippen LogP contribution is 2.21. The fraction of sp³-hybridized carbons (Fsp3) is 0.533. The molecule has 0 atom stereocenters. The fourth-order valence-electron chi connectivity index (χ4n) is 2.38. The van der Waals surface area contributed by atoms with Gasteiger partial charge in [0.15, 0.2) is 0 Å². The second kappa shape index (κ2) is 7.18. The van der Waals surface area contributed by atoms with Crippen LogP contribution in [0.3, 0.4) is 0 Å². The molecule has 128 valence electrons. The van der Waals surface area contributed by atoms with Gasteiger partial charge in [-0.05, 0) is 26.0 Å². The van der Waals surface area contributed by atoms with Crippen LogP contribution in [0.5, 0.6) is 5.75 Å². The number of hydrogen-bond donors (Lipinski definition) is 1. The highest BCUT2D eigenvalue weighted by Gasteiger charge is 2.30. The Balaban J connectivity index is 2.05. The lowest BCUT2D eigenvalue weighted by Crippen LogP contribution is -2.53. The summed E-state index contributed by atoms with van der Waals surface area (Å²) in [6, 6.07) is 6.31. The quantitative estimate of drug-likeness (QED) is 0.890. The molecule has 1 saturated heterocycles. The van der Waals surface area contributed by atoms with Crippen LogP contribution >= 0.6 is 0 Å². The van der Waals surface area contributed by atoms with E-state index in [1.807, 2.05) is 13.8 Å². The van der Waals surface area contributed by atoms with Crippen molar-refractivity contribution in [1.82, 2.24) is 14.5 Å². The first-order valence-electron chi connectivity index (χ1n) is 7.54. The first-order chi connectivity index (χ1) is 10.8. The molecule has 1 heterocycles. The van der Waals surface area contributed by atoms with Crippen molar-refractivity contribution in [3.8, 4) is 5.75 Å². The maximum atomic E-state index is 12.7. The summed E-state index contributed by atoms with van der Waals surface area (Å²) in [6.45, 7) is 5.10. The molecule has 1 aliphatic heterocycles. The van der Waals surface area contributed by atoms with Crippen molar-refractivity contribution in [3.63, 3.8) is 0 Å². The Hall–Kier alpha value is -1.80.